The van der Waals surface area contributed by atoms with Crippen LogP contribution in [0.5, 0.6) is 0 Å². The Bertz CT molecular complexity index is 662. The molecule has 0 unspecified atom stereocenters. The first-order valence-corrected chi connectivity index (χ1v) is 7.77. The number of nitrogens with one attached hydrogen (secondary N) is 1. The van der Waals surface area contributed by atoms with Crippen LogP contribution in [-0.4, -0.2) is 24.7 Å². The van der Waals surface area contributed by atoms with E-state index in [1.807, 2.05) is 19.3 Å². The van der Waals surface area contributed by atoms with E-state index in [2.05, 4.69) is 9.82 Å². The molecular formula is C13H18N4O2S. The third-order valence-corrected chi connectivity index (χ3v) is 4.39. The maximum Gasteiger partial charge on any atom is 0.240 e. The summed E-state index contributed by atoms with van der Waals surface area (Å²) in [5, 5.41) is 4.19. The number of aryl methyl sites for hydroxylation is 1. The largest absolute Gasteiger partial charge is 0.326 e. The minimum Gasteiger partial charge on any atom is -0.326 e. The molecule has 2 aromatic rings. The maximum absolute atomic E-state index is 12.1. The molecule has 20 heavy (non-hydrogen) atoms. The highest BCUT2D eigenvalue weighted by molar-refractivity contribution is 7.89. The smallest absolute Gasteiger partial charge is 0.240 e. The third kappa shape index (κ3) is 3.66. The molecule has 6 nitrogen and oxygen atoms in total. The molecule has 1 aromatic carbocycles. The van der Waals surface area contributed by atoms with Crippen molar-refractivity contribution < 1.29 is 8.42 Å². The molecule has 108 valence electrons. The van der Waals surface area contributed by atoms with Crippen LogP contribution in [0, 0.1) is 0 Å². The Hall–Kier alpha value is -1.70. The quantitative estimate of drug-likeness (QED) is 0.807. The Morgan fingerprint density at radius 2 is 1.95 bits per heavy atom. The lowest BCUT2D eigenvalue weighted by molar-refractivity contribution is 0.581. The highest BCUT2D eigenvalue weighted by Gasteiger charge is 2.13. The maximum atomic E-state index is 12.1. The molecular weight excluding hydrogens is 276 g/mol. The second kappa shape index (κ2) is 6.17. The fraction of sp³-hybridized carbons (Fsp3) is 0.308. The number of aromatic nitrogens is 2. The highest BCUT2D eigenvalue weighted by atomic mass is 32.2. The lowest BCUT2D eigenvalue weighted by atomic mass is 10.2. The van der Waals surface area contributed by atoms with Gasteiger partial charge in [-0.3, -0.25) is 4.68 Å². The summed E-state index contributed by atoms with van der Waals surface area (Å²) in [6.07, 6.45) is 2.39. The van der Waals surface area contributed by atoms with Gasteiger partial charge in [-0.05, 0) is 23.8 Å². The molecule has 0 saturated carbocycles. The van der Waals surface area contributed by atoms with Gasteiger partial charge in [-0.2, -0.15) is 5.10 Å². The lowest BCUT2D eigenvalue weighted by Crippen LogP contribution is -2.26. The van der Waals surface area contributed by atoms with Gasteiger partial charge in [0.15, 0.2) is 0 Å². The van der Waals surface area contributed by atoms with E-state index in [-0.39, 0.29) is 4.90 Å². The first kappa shape index (κ1) is 14.7. The molecule has 0 bridgehead atoms. The van der Waals surface area contributed by atoms with Gasteiger partial charge >= 0.3 is 0 Å². The van der Waals surface area contributed by atoms with Crippen molar-refractivity contribution >= 4 is 10.0 Å². The van der Waals surface area contributed by atoms with Crippen LogP contribution in [0.4, 0.5) is 0 Å². The molecule has 0 aliphatic rings. The number of sulfonamides is 1. The lowest BCUT2D eigenvalue weighted by Gasteiger charge is -2.06. The SMILES string of the molecule is Cn1ccc(CCNS(=O)(=O)c2ccc(CN)cc2)n1. The predicted octanol–water partition coefficient (Wildman–Crippen LogP) is 0.400. The fourth-order valence-corrected chi connectivity index (χ4v) is 2.83. The molecule has 3 N–H and O–H groups in total. The molecule has 7 heteroatoms. The first-order chi connectivity index (χ1) is 9.51. The van der Waals surface area contributed by atoms with Crippen molar-refractivity contribution in [3.05, 3.63) is 47.8 Å². The molecule has 1 heterocycles. The zero-order valence-corrected chi connectivity index (χ0v) is 12.1. The van der Waals surface area contributed by atoms with Crippen molar-refractivity contribution in [3.63, 3.8) is 0 Å². The summed E-state index contributed by atoms with van der Waals surface area (Å²) in [6, 6.07) is 8.42. The molecule has 0 fully saturated rings. The zero-order valence-electron chi connectivity index (χ0n) is 11.3. The third-order valence-electron chi connectivity index (χ3n) is 2.91. The van der Waals surface area contributed by atoms with Crippen LogP contribution in [0.25, 0.3) is 0 Å². The van der Waals surface area contributed by atoms with Gasteiger partial charge in [-0.15, -0.1) is 0 Å². The average molecular weight is 294 g/mol. The van der Waals surface area contributed by atoms with Gasteiger partial charge in [0.1, 0.15) is 0 Å². The van der Waals surface area contributed by atoms with Gasteiger partial charge in [0.2, 0.25) is 10.0 Å². The molecule has 0 aliphatic heterocycles. The van der Waals surface area contributed by atoms with Crippen LogP contribution < -0.4 is 10.5 Å². The summed E-state index contributed by atoms with van der Waals surface area (Å²) in [6.45, 7) is 0.714. The van der Waals surface area contributed by atoms with Crippen molar-refractivity contribution in [3.8, 4) is 0 Å². The minimum atomic E-state index is -3.47. The van der Waals surface area contributed by atoms with E-state index in [0.29, 0.717) is 19.5 Å². The van der Waals surface area contributed by atoms with E-state index in [1.165, 1.54) is 0 Å². The molecule has 0 aliphatic carbocycles. The molecule has 0 saturated heterocycles. The summed E-state index contributed by atoms with van der Waals surface area (Å²) in [5.74, 6) is 0. The summed E-state index contributed by atoms with van der Waals surface area (Å²) < 4.78 is 28.4. The van der Waals surface area contributed by atoms with Gasteiger partial charge < -0.3 is 5.73 Å². The number of hydrogen-bond donors (Lipinski definition) is 2. The van der Waals surface area contributed by atoms with Crippen molar-refractivity contribution in [1.82, 2.24) is 14.5 Å². The second-order valence-corrected chi connectivity index (χ2v) is 6.24. The van der Waals surface area contributed by atoms with Crippen molar-refractivity contribution in [1.29, 1.82) is 0 Å². The molecule has 0 spiro atoms. The van der Waals surface area contributed by atoms with Crippen LogP contribution >= 0.6 is 0 Å². The molecule has 0 amide bonds. The Morgan fingerprint density at radius 1 is 1.25 bits per heavy atom. The van der Waals surface area contributed by atoms with Gasteiger partial charge in [0.05, 0.1) is 10.6 Å². The van der Waals surface area contributed by atoms with Gasteiger partial charge in [0, 0.05) is 32.8 Å². The van der Waals surface area contributed by atoms with E-state index in [9.17, 15) is 8.42 Å². The number of nitrogens with two attached hydrogens (primary N) is 1. The van der Waals surface area contributed by atoms with Crippen LogP contribution in [0.2, 0.25) is 0 Å². The summed E-state index contributed by atoms with van der Waals surface area (Å²) in [4.78, 5) is 0.246. The Kier molecular flexibility index (Phi) is 4.53. The van der Waals surface area contributed by atoms with Crippen LogP contribution in [0.15, 0.2) is 41.4 Å². The zero-order chi connectivity index (χ0) is 14.6. The average Bonchev–Trinajstić information content (AvgIpc) is 2.84. The van der Waals surface area contributed by atoms with Crippen LogP contribution in [-0.2, 0) is 30.0 Å². The number of nitrogens with zero attached hydrogens (tertiary/aromatic N) is 2. The fourth-order valence-electron chi connectivity index (χ4n) is 1.80. The van der Waals surface area contributed by atoms with Crippen LogP contribution in [0.3, 0.4) is 0 Å². The number of benzene rings is 1. The molecule has 0 atom stereocenters. The standard InChI is InChI=1S/C13H18N4O2S/c1-17-9-7-12(16-17)6-8-15-20(18,19)13-4-2-11(10-14)3-5-13/h2-5,7,9,15H,6,8,10,14H2,1H3. The highest BCUT2D eigenvalue weighted by Crippen LogP contribution is 2.10. The molecule has 0 radical (unpaired) electrons. The van der Waals surface area contributed by atoms with E-state index in [4.69, 9.17) is 5.73 Å². The van der Waals surface area contributed by atoms with Gasteiger partial charge in [0.25, 0.3) is 0 Å². The summed E-state index contributed by atoms with van der Waals surface area (Å²) in [7, 11) is -1.65. The predicted molar refractivity (Wildman–Crippen MR) is 76.4 cm³/mol. The number of hydrogen-bond acceptors (Lipinski definition) is 4. The summed E-state index contributed by atoms with van der Waals surface area (Å²) >= 11 is 0. The van der Waals surface area contributed by atoms with E-state index < -0.39 is 10.0 Å². The van der Waals surface area contributed by atoms with Crippen molar-refractivity contribution in [2.45, 2.75) is 17.9 Å². The van der Waals surface area contributed by atoms with E-state index in [1.54, 1.807) is 28.9 Å². The first-order valence-electron chi connectivity index (χ1n) is 6.28. The Labute approximate surface area is 118 Å². The Balaban J connectivity index is 1.96. The van der Waals surface area contributed by atoms with E-state index in [0.717, 1.165) is 11.3 Å². The van der Waals surface area contributed by atoms with Crippen molar-refractivity contribution in [2.24, 2.45) is 12.8 Å². The summed E-state index contributed by atoms with van der Waals surface area (Å²) in [5.41, 5.74) is 7.24. The normalized spacial score (nSPS) is 11.7. The molecule has 1 aromatic heterocycles. The minimum absolute atomic E-state index is 0.246. The Morgan fingerprint density at radius 3 is 2.50 bits per heavy atom. The monoisotopic (exact) mass is 294 g/mol. The van der Waals surface area contributed by atoms with Crippen LogP contribution in [0.1, 0.15) is 11.3 Å². The van der Waals surface area contributed by atoms with Gasteiger partial charge in [-0.1, -0.05) is 12.1 Å². The topological polar surface area (TPSA) is 90.0 Å². The van der Waals surface area contributed by atoms with Crippen molar-refractivity contribution in [2.75, 3.05) is 6.54 Å². The van der Waals surface area contributed by atoms with E-state index >= 15 is 0 Å². The van der Waals surface area contributed by atoms with Gasteiger partial charge in [-0.25, -0.2) is 13.1 Å². The second-order valence-electron chi connectivity index (χ2n) is 4.48. The number of rotatable bonds is 6. The molecule has 2 rings (SSSR count).